The van der Waals surface area contributed by atoms with Gasteiger partial charge in [0.2, 0.25) is 0 Å². The highest BCUT2D eigenvalue weighted by Gasteiger charge is 2.19. The molecule has 0 spiro atoms. The van der Waals surface area contributed by atoms with E-state index in [1.165, 1.54) is 18.2 Å². The molecule has 1 unspecified atom stereocenters. The molecule has 0 aliphatic heterocycles. The zero-order valence-electron chi connectivity index (χ0n) is 12.3. The number of hydrogen-bond acceptors (Lipinski definition) is 2. The lowest BCUT2D eigenvalue weighted by atomic mass is 10.0. The fourth-order valence-electron chi connectivity index (χ4n) is 2.39. The number of benzene rings is 1. The number of aryl methyl sites for hydroxylation is 2. The molecular formula is C15H18ClF2N3. The van der Waals surface area contributed by atoms with Crippen molar-refractivity contribution in [3.63, 3.8) is 0 Å². The molecule has 1 atom stereocenters. The Bertz CT molecular complexity index is 620. The van der Waals surface area contributed by atoms with Gasteiger partial charge in [0, 0.05) is 25.1 Å². The number of rotatable bonds is 5. The SMILES string of the molecule is CNC(Cc1c(F)cccc1F)Cc1c(Cl)c(C)nn1C. The molecule has 0 saturated heterocycles. The van der Waals surface area contributed by atoms with Crippen molar-refractivity contribution in [1.82, 2.24) is 15.1 Å². The molecule has 1 aromatic carbocycles. The topological polar surface area (TPSA) is 29.9 Å². The van der Waals surface area contributed by atoms with Crippen molar-refractivity contribution < 1.29 is 8.78 Å². The van der Waals surface area contributed by atoms with Gasteiger partial charge in [0.25, 0.3) is 0 Å². The van der Waals surface area contributed by atoms with E-state index in [0.29, 0.717) is 11.4 Å². The first kappa shape index (κ1) is 15.9. The third-order valence-electron chi connectivity index (χ3n) is 3.62. The second kappa shape index (κ2) is 6.54. The average molecular weight is 314 g/mol. The predicted octanol–water partition coefficient (Wildman–Crippen LogP) is 3.03. The van der Waals surface area contributed by atoms with Gasteiger partial charge in [-0.1, -0.05) is 17.7 Å². The summed E-state index contributed by atoms with van der Waals surface area (Å²) in [5, 5.41) is 7.94. The molecule has 0 radical (unpaired) electrons. The van der Waals surface area contributed by atoms with Crippen LogP contribution >= 0.6 is 11.6 Å². The highest BCUT2D eigenvalue weighted by Crippen LogP contribution is 2.22. The van der Waals surface area contributed by atoms with Crippen LogP contribution in [0.2, 0.25) is 5.02 Å². The molecule has 21 heavy (non-hydrogen) atoms. The Labute approximate surface area is 127 Å². The van der Waals surface area contributed by atoms with Crippen LogP contribution in [0.1, 0.15) is 17.0 Å². The highest BCUT2D eigenvalue weighted by atomic mass is 35.5. The molecule has 0 bridgehead atoms. The second-order valence-electron chi connectivity index (χ2n) is 5.06. The van der Waals surface area contributed by atoms with Gasteiger partial charge in [0.05, 0.1) is 16.4 Å². The van der Waals surface area contributed by atoms with Gasteiger partial charge in [0.15, 0.2) is 0 Å². The van der Waals surface area contributed by atoms with Crippen molar-refractivity contribution in [1.29, 1.82) is 0 Å². The Morgan fingerprint density at radius 1 is 1.29 bits per heavy atom. The molecule has 0 amide bonds. The minimum atomic E-state index is -0.525. The van der Waals surface area contributed by atoms with E-state index in [-0.39, 0.29) is 18.0 Å². The zero-order chi connectivity index (χ0) is 15.6. The molecule has 1 heterocycles. The van der Waals surface area contributed by atoms with Crippen LogP contribution in [0.4, 0.5) is 8.78 Å². The van der Waals surface area contributed by atoms with Gasteiger partial charge in [-0.15, -0.1) is 0 Å². The maximum atomic E-state index is 13.7. The van der Waals surface area contributed by atoms with Crippen molar-refractivity contribution in [2.24, 2.45) is 7.05 Å². The van der Waals surface area contributed by atoms with E-state index in [1.54, 1.807) is 11.7 Å². The number of aromatic nitrogens is 2. The smallest absolute Gasteiger partial charge is 0.129 e. The molecule has 3 nitrogen and oxygen atoms in total. The zero-order valence-corrected chi connectivity index (χ0v) is 13.0. The van der Waals surface area contributed by atoms with Gasteiger partial charge in [0.1, 0.15) is 11.6 Å². The molecule has 1 N–H and O–H groups in total. The van der Waals surface area contributed by atoms with Crippen molar-refractivity contribution in [3.05, 3.63) is 51.8 Å². The number of halogens is 3. The summed E-state index contributed by atoms with van der Waals surface area (Å²) in [6.45, 7) is 1.83. The Kier molecular flexibility index (Phi) is 4.96. The first-order valence-electron chi connectivity index (χ1n) is 6.72. The summed E-state index contributed by atoms with van der Waals surface area (Å²) in [4.78, 5) is 0. The van der Waals surface area contributed by atoms with Gasteiger partial charge in [-0.25, -0.2) is 8.78 Å². The largest absolute Gasteiger partial charge is 0.316 e. The first-order valence-corrected chi connectivity index (χ1v) is 7.10. The molecule has 2 rings (SSSR count). The Morgan fingerprint density at radius 2 is 1.90 bits per heavy atom. The maximum absolute atomic E-state index is 13.7. The number of hydrogen-bond donors (Lipinski definition) is 1. The van der Waals surface area contributed by atoms with E-state index in [9.17, 15) is 8.78 Å². The lowest BCUT2D eigenvalue weighted by Gasteiger charge is -2.17. The number of nitrogens with one attached hydrogen (secondary N) is 1. The van der Waals surface area contributed by atoms with E-state index in [4.69, 9.17) is 11.6 Å². The molecule has 1 aromatic heterocycles. The third kappa shape index (κ3) is 3.41. The Morgan fingerprint density at radius 3 is 2.38 bits per heavy atom. The molecular weight excluding hydrogens is 296 g/mol. The molecule has 6 heteroatoms. The van der Waals surface area contributed by atoms with Crippen LogP contribution in [0.25, 0.3) is 0 Å². The van der Waals surface area contributed by atoms with Crippen LogP contribution in [0, 0.1) is 18.6 Å². The third-order valence-corrected chi connectivity index (χ3v) is 4.11. The molecule has 2 aromatic rings. The van der Waals surface area contributed by atoms with Gasteiger partial charge in [-0.05, 0) is 32.5 Å². The van der Waals surface area contributed by atoms with Gasteiger partial charge < -0.3 is 5.32 Å². The second-order valence-corrected chi connectivity index (χ2v) is 5.44. The van der Waals surface area contributed by atoms with Crippen molar-refractivity contribution in [3.8, 4) is 0 Å². The van der Waals surface area contributed by atoms with E-state index >= 15 is 0 Å². The number of likely N-dealkylation sites (N-methyl/N-ethyl adjacent to an activating group) is 1. The van der Waals surface area contributed by atoms with Crippen LogP contribution in [0.15, 0.2) is 18.2 Å². The molecule has 0 aliphatic carbocycles. The number of nitrogens with zero attached hydrogens (tertiary/aromatic N) is 2. The van der Waals surface area contributed by atoms with Gasteiger partial charge in [-0.2, -0.15) is 5.10 Å². The summed E-state index contributed by atoms with van der Waals surface area (Å²) in [7, 11) is 3.57. The summed E-state index contributed by atoms with van der Waals surface area (Å²) in [5.41, 5.74) is 1.69. The minimum Gasteiger partial charge on any atom is -0.316 e. The van der Waals surface area contributed by atoms with Crippen LogP contribution < -0.4 is 5.32 Å². The van der Waals surface area contributed by atoms with Crippen LogP contribution in [-0.4, -0.2) is 22.9 Å². The summed E-state index contributed by atoms with van der Waals surface area (Å²) >= 11 is 6.22. The summed E-state index contributed by atoms with van der Waals surface area (Å²) in [5.74, 6) is -1.05. The minimum absolute atomic E-state index is 0.0897. The fraction of sp³-hybridized carbons (Fsp3) is 0.400. The standard InChI is InChI=1S/C15H18ClF2N3/c1-9-15(16)14(21(3)20-9)8-10(19-2)7-11-12(17)5-4-6-13(11)18/h4-6,10,19H,7-8H2,1-3H3. The molecule has 0 saturated carbocycles. The highest BCUT2D eigenvalue weighted by molar-refractivity contribution is 6.31. The Balaban J connectivity index is 2.21. The van der Waals surface area contributed by atoms with Gasteiger partial charge >= 0.3 is 0 Å². The maximum Gasteiger partial charge on any atom is 0.129 e. The average Bonchev–Trinajstić information content (AvgIpc) is 2.67. The van der Waals surface area contributed by atoms with E-state index in [2.05, 4.69) is 10.4 Å². The fourth-order valence-corrected chi connectivity index (χ4v) is 2.62. The lowest BCUT2D eigenvalue weighted by molar-refractivity contribution is 0.492. The van der Waals surface area contributed by atoms with Crippen LogP contribution in [0.3, 0.4) is 0 Å². The van der Waals surface area contributed by atoms with E-state index in [0.717, 1.165) is 11.4 Å². The summed E-state index contributed by atoms with van der Waals surface area (Å²) in [6.07, 6.45) is 0.788. The van der Waals surface area contributed by atoms with E-state index < -0.39 is 11.6 Å². The molecule has 0 fully saturated rings. The van der Waals surface area contributed by atoms with Gasteiger partial charge in [-0.3, -0.25) is 4.68 Å². The Hall–Kier alpha value is -1.46. The van der Waals surface area contributed by atoms with Crippen molar-refractivity contribution >= 4 is 11.6 Å². The summed E-state index contributed by atoms with van der Waals surface area (Å²) < 4.78 is 29.2. The van der Waals surface area contributed by atoms with E-state index in [1.807, 2.05) is 14.0 Å². The quantitative estimate of drug-likeness (QED) is 0.919. The van der Waals surface area contributed by atoms with Crippen LogP contribution in [-0.2, 0) is 19.9 Å². The summed E-state index contributed by atoms with van der Waals surface area (Å²) in [6, 6.07) is 3.77. The first-order chi connectivity index (χ1) is 9.93. The molecule has 114 valence electrons. The van der Waals surface area contributed by atoms with Crippen molar-refractivity contribution in [2.75, 3.05) is 7.05 Å². The monoisotopic (exact) mass is 313 g/mol. The van der Waals surface area contributed by atoms with Crippen molar-refractivity contribution in [2.45, 2.75) is 25.8 Å². The van der Waals surface area contributed by atoms with Crippen LogP contribution in [0.5, 0.6) is 0 Å². The molecule has 0 aliphatic rings. The normalized spacial score (nSPS) is 12.7. The predicted molar refractivity (Wildman–Crippen MR) is 79.6 cm³/mol. The lowest BCUT2D eigenvalue weighted by Crippen LogP contribution is -2.31.